The highest BCUT2D eigenvalue weighted by Gasteiger charge is 2.50. The summed E-state index contributed by atoms with van der Waals surface area (Å²) in [5.41, 5.74) is 4.67. The monoisotopic (exact) mass is 1710 g/mol. The summed E-state index contributed by atoms with van der Waals surface area (Å²) in [6.45, 7) is 31.6. The van der Waals surface area contributed by atoms with Gasteiger partial charge in [0.15, 0.2) is 24.4 Å². The van der Waals surface area contributed by atoms with Gasteiger partial charge in [0.25, 0.3) is 0 Å². The van der Waals surface area contributed by atoms with E-state index < -0.39 is 107 Å². The molecule has 0 saturated heterocycles. The summed E-state index contributed by atoms with van der Waals surface area (Å²) in [7, 11) is 4.89. The Morgan fingerprint density at radius 1 is 0.436 bits per heavy atom. The Bertz CT molecular complexity index is 4230. The van der Waals surface area contributed by atoms with Crippen molar-refractivity contribution in [1.82, 2.24) is 4.57 Å². The van der Waals surface area contributed by atoms with E-state index in [1.807, 2.05) is 27.7 Å². The van der Waals surface area contributed by atoms with E-state index in [2.05, 4.69) is 49.4 Å². The first-order chi connectivity index (χ1) is 50.4. The number of nitrogens with one attached hydrogen (secondary N) is 3. The number of aromatic nitrogens is 1. The summed E-state index contributed by atoms with van der Waals surface area (Å²) in [6.07, 6.45) is -19.0. The smallest absolute Gasteiger partial charge is 0.467 e. The van der Waals surface area contributed by atoms with Crippen molar-refractivity contribution in [3.05, 3.63) is 98.5 Å². The number of esters is 4. The first-order valence-electron chi connectivity index (χ1n) is 34.3. The lowest BCUT2D eigenvalue weighted by molar-refractivity contribution is -0.170. The minimum absolute atomic E-state index is 0.0257. The van der Waals surface area contributed by atoms with Gasteiger partial charge in [0.2, 0.25) is 0 Å². The number of alkyl halides is 9. The summed E-state index contributed by atoms with van der Waals surface area (Å²) in [5.74, 6) is -8.76. The van der Waals surface area contributed by atoms with Gasteiger partial charge in [-0.05, 0) is 186 Å². The summed E-state index contributed by atoms with van der Waals surface area (Å²) in [6, 6.07) is 5.33. The number of nitrogens with zero attached hydrogens (tertiary/aromatic N) is 4. The molecule has 3 N–H and O–H groups in total. The molecule has 610 valence electrons. The van der Waals surface area contributed by atoms with E-state index in [0.717, 1.165) is 35.2 Å². The van der Waals surface area contributed by atoms with Gasteiger partial charge in [-0.1, -0.05) is 52.5 Å². The van der Waals surface area contributed by atoms with Gasteiger partial charge in [-0.2, -0.15) is 39.5 Å². The van der Waals surface area contributed by atoms with Gasteiger partial charge in [0.05, 0.1) is 111 Å². The highest BCUT2D eigenvalue weighted by molar-refractivity contribution is 9.10. The molecule has 0 saturated carbocycles. The lowest BCUT2D eigenvalue weighted by atomic mass is 9.93. The zero-order valence-corrected chi connectivity index (χ0v) is 69.2. The molecule has 1 aromatic heterocycles. The van der Waals surface area contributed by atoms with Crippen LogP contribution in [-0.2, 0) is 84.4 Å². The van der Waals surface area contributed by atoms with Crippen LogP contribution < -0.4 is 30.7 Å². The number of aryl methyl sites for hydroxylation is 5. The normalized spacial score (nSPS) is 15.5. The fraction of sp³-hybridized carbons (Fsp3) is 0.554. The molecule has 22 nitrogen and oxygen atoms in total. The Hall–Kier alpha value is -7.04. The first kappa shape index (κ1) is 91.8. The number of hydrogen-bond acceptors (Lipinski definition) is 18. The fourth-order valence-electron chi connectivity index (χ4n) is 12.7. The van der Waals surface area contributed by atoms with Gasteiger partial charge in [-0.15, -0.1) is 0 Å². The third kappa shape index (κ3) is 21.0. The molecule has 9 rings (SSSR count). The van der Waals surface area contributed by atoms with Crippen molar-refractivity contribution in [3.8, 4) is 0 Å². The second-order valence-corrected chi connectivity index (χ2v) is 32.1. The summed E-state index contributed by atoms with van der Waals surface area (Å²) >= 11 is 29.6. The molecule has 0 bridgehead atoms. The second-order valence-electron chi connectivity index (χ2n) is 29.8. The van der Waals surface area contributed by atoms with Crippen LogP contribution in [0.5, 0.6) is 0 Å². The van der Waals surface area contributed by atoms with Gasteiger partial charge < -0.3 is 63.3 Å². The molecule has 5 aromatic rings. The van der Waals surface area contributed by atoms with Crippen LogP contribution in [0.1, 0.15) is 170 Å². The van der Waals surface area contributed by atoms with E-state index in [9.17, 15) is 73.1 Å². The molecule has 4 atom stereocenters. The minimum Gasteiger partial charge on any atom is -0.467 e. The van der Waals surface area contributed by atoms with Crippen molar-refractivity contribution >= 4 is 149 Å². The van der Waals surface area contributed by atoms with Gasteiger partial charge in [0.1, 0.15) is 0 Å². The van der Waals surface area contributed by atoms with Crippen LogP contribution in [0.15, 0.2) is 22.7 Å². The number of rotatable bonds is 12. The number of anilines is 6. The van der Waals surface area contributed by atoms with Crippen molar-refractivity contribution in [1.29, 1.82) is 0 Å². The Morgan fingerprint density at radius 2 is 0.782 bits per heavy atom. The average molecular weight is 1710 g/mol. The van der Waals surface area contributed by atoms with E-state index in [1.54, 1.807) is 89.2 Å². The highest BCUT2D eigenvalue weighted by Crippen LogP contribution is 2.52. The Kier molecular flexibility index (Phi) is 29.3. The summed E-state index contributed by atoms with van der Waals surface area (Å²) < 4.78 is 163. The first-order valence-corrected chi connectivity index (χ1v) is 36.6. The van der Waals surface area contributed by atoms with Gasteiger partial charge in [-0.25, -0.2) is 19.2 Å². The molecule has 4 aliphatic rings. The lowest BCUT2D eigenvalue weighted by Gasteiger charge is -2.35. The number of amides is 3. The molecule has 4 unspecified atom stereocenters. The van der Waals surface area contributed by atoms with Crippen molar-refractivity contribution in [2.45, 2.75) is 202 Å². The lowest BCUT2D eigenvalue weighted by Crippen LogP contribution is -2.46. The largest absolute Gasteiger partial charge is 0.471 e. The summed E-state index contributed by atoms with van der Waals surface area (Å²) in [4.78, 5) is 87.3. The summed E-state index contributed by atoms with van der Waals surface area (Å²) in [5, 5.41) is 10.4. The number of benzene rings is 4. The van der Waals surface area contributed by atoms with E-state index in [-0.39, 0.29) is 92.9 Å². The molecular formula is C74H91BrCl4F9N7O15. The molecule has 36 heteroatoms. The number of methoxy groups -OCH3 is 4. The number of hydrogen-bond donors (Lipinski definition) is 3. The zero-order valence-electron chi connectivity index (χ0n) is 64.6. The molecule has 110 heavy (non-hydrogen) atoms. The Labute approximate surface area is 660 Å². The van der Waals surface area contributed by atoms with Crippen molar-refractivity contribution in [2.75, 3.05) is 98.4 Å². The van der Waals surface area contributed by atoms with E-state index in [1.165, 1.54) is 40.2 Å². The van der Waals surface area contributed by atoms with E-state index >= 15 is 0 Å². The van der Waals surface area contributed by atoms with Crippen LogP contribution in [-0.4, -0.2) is 155 Å². The van der Waals surface area contributed by atoms with Crippen LogP contribution in [0.2, 0.25) is 20.1 Å². The van der Waals surface area contributed by atoms with Gasteiger partial charge in [-0.3, -0.25) is 24.2 Å². The predicted octanol–water partition coefficient (Wildman–Crippen LogP) is 17.6. The Morgan fingerprint density at radius 3 is 1.19 bits per heavy atom. The molecule has 0 spiro atoms. The zero-order chi connectivity index (χ0) is 83.7. The third-order valence-electron chi connectivity index (χ3n) is 17.1. The number of ether oxygens (including phenoxy) is 8. The fourth-order valence-corrected chi connectivity index (χ4v) is 15.0. The maximum Gasteiger partial charge on any atom is 0.471 e. The molecule has 0 aliphatic carbocycles. The molecule has 4 aromatic carbocycles. The van der Waals surface area contributed by atoms with Crippen molar-refractivity contribution in [3.63, 3.8) is 0 Å². The molecule has 4 aliphatic heterocycles. The minimum atomic E-state index is -5.08. The van der Waals surface area contributed by atoms with Gasteiger partial charge in [0, 0.05) is 83.6 Å². The number of fused-ring (bicyclic) bond motifs is 3. The third-order valence-corrected chi connectivity index (χ3v) is 19.6. The predicted molar refractivity (Wildman–Crippen MR) is 404 cm³/mol. The van der Waals surface area contributed by atoms with Gasteiger partial charge >= 0.3 is 60.1 Å². The van der Waals surface area contributed by atoms with E-state index in [0.29, 0.717) is 64.9 Å². The molecule has 3 amide bonds. The van der Waals surface area contributed by atoms with Crippen LogP contribution >= 0.6 is 62.3 Å². The quantitative estimate of drug-likeness (QED) is 0.0597. The number of carbonyl (C=O) groups is 7. The maximum atomic E-state index is 13.1. The SMILES string of the molecule is COC(=O)C(OC(C)(C)C)c1c(C)c(Br)c2c(c1Cl)N(C(=O)C(F)(F)F)CCN2.COC(=O)C(OC(C)(C)C)c1c(C)cc2c(c1Cl)N(C(=O)C(F)(F)F)CCC2.COC(=O)C(OC(C)(C)C)c1c(C)cc2c(c1Cl)N(C(=O)C(F)(F)F)CCN2.COC(=O)C(OC(C)(C)C)c1c(Cl)c2c3c(cc(C)n3CCN2)c1C. The van der Waals surface area contributed by atoms with E-state index in [4.69, 9.17) is 84.3 Å². The molecule has 0 fully saturated rings. The number of halogens is 14. The Balaban J connectivity index is 0.000000229. The second kappa shape index (κ2) is 35.1. The van der Waals surface area contributed by atoms with Crippen LogP contribution in [0.4, 0.5) is 73.6 Å². The maximum absolute atomic E-state index is 13.1. The molecular weight excluding hydrogens is 1620 g/mol. The molecule has 0 radical (unpaired) electrons. The standard InChI is InChI=1S/C19H23ClF3NO4.C19H25ClN2O3.C18H21BrClF3N2O4.C18H22ClF3N2O4/c1-10-9-11-7-6-8-24(17(26)19(21,22)23)14(11)13(20)12(10)15(16(25)27-5)28-18(2,3)4;1-10-9-12-11(2)13(17(18(23)24-6)25-19(3,4)5)14(20)15-16(12)22(10)8-7-21-15;1-8-9(14(15(26)28-5)29-17(2,3)4)11(20)13-12(10(8)19)24-6-7-25(13)16(27)18(21,22)23;1-9-8-10-13(24(7-6-23-10)16(26)18(20,21)22)12(19)11(9)14(15(25)27-5)28-17(2,3)4/h9,15H,6-8H2,1-5H3;9,17,21H,7-8H2,1-6H3;14,24H,6-7H2,1-5H3;8,14,23H,6-7H2,1-5H3. The topological polar surface area (TPSA) is 244 Å². The van der Waals surface area contributed by atoms with Crippen LogP contribution in [0, 0.1) is 34.6 Å². The van der Waals surface area contributed by atoms with Crippen LogP contribution in [0.3, 0.4) is 0 Å². The highest BCUT2D eigenvalue weighted by atomic mass is 79.9. The average Bonchev–Trinajstić information content (AvgIpc) is 1.34. The van der Waals surface area contributed by atoms with Crippen molar-refractivity contribution < 1.29 is 111 Å². The van der Waals surface area contributed by atoms with Crippen LogP contribution in [0.25, 0.3) is 10.9 Å². The molecule has 5 heterocycles. The van der Waals surface area contributed by atoms with Crippen molar-refractivity contribution in [2.24, 2.45) is 0 Å². The number of carbonyl (C=O) groups excluding carboxylic acids is 7.